The summed E-state index contributed by atoms with van der Waals surface area (Å²) in [6.45, 7) is 6.46. The highest BCUT2D eigenvalue weighted by atomic mass is 16.5. The second kappa shape index (κ2) is 6.12. The number of hydrogen-bond donors (Lipinski definition) is 2. The van der Waals surface area contributed by atoms with E-state index in [-0.39, 0.29) is 6.03 Å². The van der Waals surface area contributed by atoms with E-state index in [9.17, 15) is 4.79 Å². The third kappa shape index (κ3) is 3.33. The number of carbonyl (C=O) groups excluding carboxylic acids is 1. The van der Waals surface area contributed by atoms with E-state index in [0.717, 1.165) is 33.9 Å². The summed E-state index contributed by atoms with van der Waals surface area (Å²) in [5.74, 6) is 0.721. The highest BCUT2D eigenvalue weighted by Gasteiger charge is 2.10. The number of fused-ring (bicyclic) bond motifs is 1. The Hall–Kier alpha value is -2.83. The molecule has 23 heavy (non-hydrogen) atoms. The maximum absolute atomic E-state index is 11.9. The maximum Gasteiger partial charge on any atom is 0.315 e. The number of aromatic nitrogens is 3. The molecule has 0 radical (unpaired) electrons. The Morgan fingerprint density at radius 2 is 2.04 bits per heavy atom. The first-order chi connectivity index (χ1) is 11.0. The summed E-state index contributed by atoms with van der Waals surface area (Å²) in [6.07, 6.45) is 3.86. The van der Waals surface area contributed by atoms with Gasteiger partial charge in [0.1, 0.15) is 11.4 Å². The fraction of sp³-hybridized carbons (Fsp3) is 0.312. The van der Waals surface area contributed by atoms with Crippen LogP contribution in [-0.4, -0.2) is 20.6 Å². The second-order valence-corrected chi connectivity index (χ2v) is 5.54. The zero-order valence-electron chi connectivity index (χ0n) is 13.4. The first-order valence-electron chi connectivity index (χ1n) is 7.40. The van der Waals surface area contributed by atoms with E-state index in [2.05, 4.69) is 20.8 Å². The quantitative estimate of drug-likeness (QED) is 0.773. The first kappa shape index (κ1) is 15.1. The van der Waals surface area contributed by atoms with Gasteiger partial charge in [-0.2, -0.15) is 0 Å². The van der Waals surface area contributed by atoms with Crippen LogP contribution in [0.15, 0.2) is 29.0 Å². The van der Waals surface area contributed by atoms with Gasteiger partial charge in [0.25, 0.3) is 0 Å². The van der Waals surface area contributed by atoms with E-state index < -0.39 is 0 Å². The van der Waals surface area contributed by atoms with Gasteiger partial charge in [-0.3, -0.25) is 0 Å². The summed E-state index contributed by atoms with van der Waals surface area (Å²) in [5, 5.41) is 9.45. The average Bonchev–Trinajstić information content (AvgIpc) is 3.06. The molecule has 7 nitrogen and oxygen atoms in total. The van der Waals surface area contributed by atoms with E-state index in [1.54, 1.807) is 0 Å². The number of nitrogens with one attached hydrogen (secondary N) is 2. The molecular formula is C16H19N5O2. The molecular weight excluding hydrogens is 294 g/mol. The second-order valence-electron chi connectivity index (χ2n) is 5.54. The molecule has 0 unspecified atom stereocenters. The monoisotopic (exact) mass is 313 g/mol. The van der Waals surface area contributed by atoms with Crippen LogP contribution in [0.4, 0.5) is 4.79 Å². The molecule has 0 aromatic carbocycles. The Balaban J connectivity index is 1.55. The summed E-state index contributed by atoms with van der Waals surface area (Å²) in [5.41, 5.74) is 4.53. The van der Waals surface area contributed by atoms with Crippen molar-refractivity contribution >= 4 is 11.7 Å². The highest BCUT2D eigenvalue weighted by Crippen LogP contribution is 2.11. The van der Waals surface area contributed by atoms with Crippen LogP contribution in [0, 0.1) is 20.8 Å². The van der Waals surface area contributed by atoms with Crippen molar-refractivity contribution in [2.45, 2.75) is 33.9 Å². The molecule has 0 saturated carbocycles. The summed E-state index contributed by atoms with van der Waals surface area (Å²) >= 11 is 0. The fourth-order valence-electron chi connectivity index (χ4n) is 2.38. The van der Waals surface area contributed by atoms with Gasteiger partial charge in [0.2, 0.25) is 0 Å². The number of nitrogens with zero attached hydrogens (tertiary/aromatic N) is 3. The molecule has 3 aromatic heterocycles. The number of imidazole rings is 1. The van der Waals surface area contributed by atoms with Crippen molar-refractivity contribution in [1.82, 2.24) is 25.2 Å². The molecule has 0 bridgehead atoms. The predicted molar refractivity (Wildman–Crippen MR) is 85.0 cm³/mol. The van der Waals surface area contributed by atoms with E-state index in [0.29, 0.717) is 13.1 Å². The molecule has 2 amide bonds. The molecule has 0 saturated heterocycles. The molecule has 3 aromatic rings. The van der Waals surface area contributed by atoms with Crippen LogP contribution in [0.2, 0.25) is 0 Å². The lowest BCUT2D eigenvalue weighted by Gasteiger charge is -2.06. The molecule has 0 fully saturated rings. The summed E-state index contributed by atoms with van der Waals surface area (Å²) < 4.78 is 7.00. The smallest absolute Gasteiger partial charge is 0.315 e. The third-order valence-corrected chi connectivity index (χ3v) is 3.70. The van der Waals surface area contributed by atoms with Crippen molar-refractivity contribution in [2.75, 3.05) is 0 Å². The highest BCUT2D eigenvalue weighted by molar-refractivity contribution is 5.73. The van der Waals surface area contributed by atoms with Gasteiger partial charge < -0.3 is 19.6 Å². The van der Waals surface area contributed by atoms with Crippen LogP contribution in [-0.2, 0) is 13.1 Å². The Kier molecular flexibility index (Phi) is 4.01. The van der Waals surface area contributed by atoms with Gasteiger partial charge in [0, 0.05) is 24.5 Å². The van der Waals surface area contributed by atoms with Crippen molar-refractivity contribution in [2.24, 2.45) is 0 Å². The van der Waals surface area contributed by atoms with Crippen LogP contribution in [0.1, 0.15) is 28.3 Å². The van der Waals surface area contributed by atoms with E-state index in [1.807, 2.05) is 49.7 Å². The van der Waals surface area contributed by atoms with Gasteiger partial charge in [-0.25, -0.2) is 9.78 Å². The molecule has 3 rings (SSSR count). The molecule has 0 aliphatic rings. The average molecular weight is 313 g/mol. The van der Waals surface area contributed by atoms with Crippen LogP contribution >= 0.6 is 0 Å². The van der Waals surface area contributed by atoms with Crippen LogP contribution < -0.4 is 10.6 Å². The van der Waals surface area contributed by atoms with E-state index in [4.69, 9.17) is 4.52 Å². The van der Waals surface area contributed by atoms with Gasteiger partial charge in [0.05, 0.1) is 17.9 Å². The lowest BCUT2D eigenvalue weighted by atomic mass is 10.2. The Morgan fingerprint density at radius 1 is 1.26 bits per heavy atom. The first-order valence-corrected chi connectivity index (χ1v) is 7.40. The minimum Gasteiger partial charge on any atom is -0.361 e. The maximum atomic E-state index is 11.9. The molecule has 7 heteroatoms. The molecule has 0 aliphatic carbocycles. The third-order valence-electron chi connectivity index (χ3n) is 3.70. The van der Waals surface area contributed by atoms with Gasteiger partial charge in [-0.15, -0.1) is 0 Å². The number of hydrogen-bond acceptors (Lipinski definition) is 4. The lowest BCUT2D eigenvalue weighted by Crippen LogP contribution is -2.34. The normalized spacial score (nSPS) is 10.9. The van der Waals surface area contributed by atoms with Crippen LogP contribution in [0.3, 0.4) is 0 Å². The SMILES string of the molecule is Cc1ccn2cc(CNC(=O)NCc3c(C)noc3C)nc2c1. The van der Waals surface area contributed by atoms with Gasteiger partial charge in [-0.1, -0.05) is 5.16 Å². The number of pyridine rings is 1. The van der Waals surface area contributed by atoms with Crippen molar-refractivity contribution in [1.29, 1.82) is 0 Å². The number of carbonyl (C=O) groups is 1. The molecule has 0 spiro atoms. The molecule has 120 valence electrons. The van der Waals surface area contributed by atoms with Crippen LogP contribution in [0.25, 0.3) is 5.65 Å². The zero-order valence-corrected chi connectivity index (χ0v) is 13.4. The molecule has 0 atom stereocenters. The Labute approximate surface area is 133 Å². The molecule has 2 N–H and O–H groups in total. The van der Waals surface area contributed by atoms with E-state index in [1.165, 1.54) is 0 Å². The topological polar surface area (TPSA) is 84.5 Å². The molecule has 0 aliphatic heterocycles. The predicted octanol–water partition coefficient (Wildman–Crippen LogP) is 2.25. The Bertz CT molecular complexity index is 830. The summed E-state index contributed by atoms with van der Waals surface area (Å²) in [6, 6.07) is 3.77. The van der Waals surface area contributed by atoms with Crippen molar-refractivity contribution in [3.05, 3.63) is 52.8 Å². The van der Waals surface area contributed by atoms with Gasteiger partial charge >= 0.3 is 6.03 Å². The van der Waals surface area contributed by atoms with Gasteiger partial charge in [-0.05, 0) is 38.5 Å². The standard InChI is InChI=1S/C16H19N5O2/c1-10-4-5-21-9-13(19-15(21)6-10)7-17-16(22)18-8-14-11(2)20-23-12(14)3/h4-6,9H,7-8H2,1-3H3,(H2,17,18,22). The zero-order chi connectivity index (χ0) is 16.4. The van der Waals surface area contributed by atoms with Crippen LogP contribution in [0.5, 0.6) is 0 Å². The lowest BCUT2D eigenvalue weighted by molar-refractivity contribution is 0.240. The fourth-order valence-corrected chi connectivity index (χ4v) is 2.38. The van der Waals surface area contributed by atoms with Crippen molar-refractivity contribution in [3.63, 3.8) is 0 Å². The molecule has 3 heterocycles. The minimum absolute atomic E-state index is 0.252. The van der Waals surface area contributed by atoms with Gasteiger partial charge in [0.15, 0.2) is 0 Å². The Morgan fingerprint density at radius 3 is 2.78 bits per heavy atom. The number of urea groups is 1. The van der Waals surface area contributed by atoms with E-state index >= 15 is 0 Å². The number of rotatable bonds is 4. The number of amides is 2. The summed E-state index contributed by atoms with van der Waals surface area (Å²) in [4.78, 5) is 16.4. The largest absolute Gasteiger partial charge is 0.361 e. The number of aryl methyl sites for hydroxylation is 3. The minimum atomic E-state index is -0.252. The van der Waals surface area contributed by atoms with Crippen molar-refractivity contribution < 1.29 is 9.32 Å². The summed E-state index contributed by atoms with van der Waals surface area (Å²) in [7, 11) is 0. The van der Waals surface area contributed by atoms with Crippen molar-refractivity contribution in [3.8, 4) is 0 Å².